The van der Waals surface area contributed by atoms with E-state index < -0.39 is 35.2 Å². The van der Waals surface area contributed by atoms with Crippen molar-refractivity contribution in [3.05, 3.63) is 48.6 Å². The molecule has 0 aromatic rings. The summed E-state index contributed by atoms with van der Waals surface area (Å²) in [6.45, 7) is 5.52. The molecule has 3 N–H and O–H groups in total. The fourth-order valence-corrected chi connectivity index (χ4v) is 8.09. The smallest absolute Gasteiger partial charge is 0.219 e. The van der Waals surface area contributed by atoms with Gasteiger partial charge in [0.2, 0.25) is 5.60 Å². The molecule has 1 unspecified atom stereocenters. The van der Waals surface area contributed by atoms with Gasteiger partial charge in [0.15, 0.2) is 23.0 Å². The number of rotatable bonds is 47. The van der Waals surface area contributed by atoms with Gasteiger partial charge in [-0.15, -0.1) is 0 Å². The highest BCUT2D eigenvalue weighted by Crippen LogP contribution is 2.32. The van der Waals surface area contributed by atoms with Crippen molar-refractivity contribution in [2.45, 2.75) is 276 Å². The van der Waals surface area contributed by atoms with Crippen LogP contribution in [0.3, 0.4) is 0 Å². The summed E-state index contributed by atoms with van der Waals surface area (Å²) >= 11 is 0. The summed E-state index contributed by atoms with van der Waals surface area (Å²) in [6.07, 6.45) is 54.6. The summed E-state index contributed by atoms with van der Waals surface area (Å²) in [6, 6.07) is 0. The van der Waals surface area contributed by atoms with E-state index in [9.17, 15) is 29.7 Å². The maximum absolute atomic E-state index is 13.8. The normalized spacial score (nSPS) is 13.4. The monoisotopic (exact) mass is 855 g/mol. The Morgan fingerprint density at radius 2 is 0.590 bits per heavy atom. The number of aliphatic hydroxyl groups excluding tert-OH is 1. The number of carbonyl (C=O) groups is 3. The molecule has 0 saturated carbocycles. The Bertz CT molecular complexity index is 1090. The van der Waals surface area contributed by atoms with E-state index >= 15 is 0 Å². The Balaban J connectivity index is 5.02. The van der Waals surface area contributed by atoms with Crippen LogP contribution in [0.5, 0.6) is 0 Å². The predicted molar refractivity (Wildman–Crippen MR) is 261 cm³/mol. The zero-order valence-corrected chi connectivity index (χ0v) is 40.3. The van der Waals surface area contributed by atoms with Crippen LogP contribution < -0.4 is 0 Å². The van der Waals surface area contributed by atoms with E-state index in [-0.39, 0.29) is 19.3 Å². The first-order valence-electron chi connectivity index (χ1n) is 26.0. The second-order valence-electron chi connectivity index (χ2n) is 18.0. The Hall–Kier alpha value is -2.15. The van der Waals surface area contributed by atoms with Crippen molar-refractivity contribution in [1.29, 1.82) is 0 Å². The van der Waals surface area contributed by atoms with Crippen molar-refractivity contribution in [2.75, 3.05) is 6.61 Å². The van der Waals surface area contributed by atoms with Crippen LogP contribution in [-0.2, 0) is 14.4 Å². The molecule has 6 nitrogen and oxygen atoms in total. The third-order valence-electron chi connectivity index (χ3n) is 12.3. The molecule has 0 aromatic carbocycles. The Morgan fingerprint density at radius 3 is 0.902 bits per heavy atom. The highest BCUT2D eigenvalue weighted by atomic mass is 16.4. The van der Waals surface area contributed by atoms with Gasteiger partial charge in [0.05, 0.1) is 6.61 Å². The van der Waals surface area contributed by atoms with Gasteiger partial charge >= 0.3 is 0 Å². The van der Waals surface area contributed by atoms with Crippen LogP contribution in [0.4, 0.5) is 0 Å². The lowest BCUT2D eigenvalue weighted by molar-refractivity contribution is -0.194. The highest BCUT2D eigenvalue weighted by molar-refractivity contribution is 6.16. The lowest BCUT2D eigenvalue weighted by atomic mass is 9.71. The molecule has 0 saturated heterocycles. The number of aliphatic hydroxyl groups is 3. The molecule has 0 fully saturated rings. The van der Waals surface area contributed by atoms with Gasteiger partial charge in [-0.05, 0) is 83.5 Å². The van der Waals surface area contributed by atoms with E-state index in [1.54, 1.807) is 0 Å². The fourth-order valence-electron chi connectivity index (χ4n) is 8.09. The molecule has 0 radical (unpaired) electrons. The number of hydrogen-bond acceptors (Lipinski definition) is 6. The SMILES string of the molecule is CCCCC/C=C\C/C=C\CCCCCCCC(=O)C(O)(C(=O)CCCCCCC/C=C\C/C=C\CCCCC)C(O)(CO)C(=O)CCCCCCCCCCCCCCC. The van der Waals surface area contributed by atoms with Crippen LogP contribution in [0.25, 0.3) is 0 Å². The first kappa shape index (κ1) is 58.9. The molecule has 6 heteroatoms. The molecule has 354 valence electrons. The van der Waals surface area contributed by atoms with Crippen molar-refractivity contribution in [3.8, 4) is 0 Å². The van der Waals surface area contributed by atoms with Gasteiger partial charge in [-0.2, -0.15) is 0 Å². The molecule has 0 aliphatic rings. The van der Waals surface area contributed by atoms with Crippen LogP contribution in [0, 0.1) is 0 Å². The molecule has 0 bridgehead atoms. The van der Waals surface area contributed by atoms with Crippen LogP contribution >= 0.6 is 0 Å². The molecule has 0 rings (SSSR count). The lowest BCUT2D eigenvalue weighted by Crippen LogP contribution is -2.69. The molecule has 0 heterocycles. The standard InChI is InChI=1S/C55H98O6/c1-4-7-10-13-16-19-22-25-27-30-33-36-39-42-45-48-52(58)55(61,53(59)49-46-43-40-37-34-31-28-26-23-20-17-14-11-8-5-2)54(60,50-56)51(57)47-44-41-38-35-32-29-24-21-18-15-12-9-6-3/h16-17,19-20,25-28,56,60-61H,4-15,18,21-24,29-50H2,1-3H3/b19-16-,20-17-,27-25-,28-26-. The number of carbonyl (C=O) groups excluding carboxylic acids is 3. The third-order valence-corrected chi connectivity index (χ3v) is 12.3. The summed E-state index contributed by atoms with van der Waals surface area (Å²) in [5, 5.41) is 34.0. The van der Waals surface area contributed by atoms with Crippen LogP contribution in [0.2, 0.25) is 0 Å². The predicted octanol–water partition coefficient (Wildman–Crippen LogP) is 15.3. The first-order valence-corrected chi connectivity index (χ1v) is 26.0. The summed E-state index contributed by atoms with van der Waals surface area (Å²) < 4.78 is 0. The Labute approximate surface area is 377 Å². The molecule has 1 atom stereocenters. The van der Waals surface area contributed by atoms with Crippen LogP contribution in [-0.4, -0.2) is 50.5 Å². The van der Waals surface area contributed by atoms with E-state index in [4.69, 9.17) is 0 Å². The highest BCUT2D eigenvalue weighted by Gasteiger charge is 2.62. The Morgan fingerprint density at radius 1 is 0.344 bits per heavy atom. The minimum absolute atomic E-state index is 0.0922. The maximum atomic E-state index is 13.8. The van der Waals surface area contributed by atoms with E-state index in [2.05, 4.69) is 69.4 Å². The van der Waals surface area contributed by atoms with Crippen molar-refractivity contribution >= 4 is 17.3 Å². The largest absolute Gasteiger partial charge is 0.393 e. The zero-order valence-electron chi connectivity index (χ0n) is 40.3. The minimum atomic E-state index is -2.94. The number of allylic oxidation sites excluding steroid dienone is 8. The summed E-state index contributed by atoms with van der Waals surface area (Å²) in [7, 11) is 0. The van der Waals surface area contributed by atoms with Gasteiger partial charge in [-0.1, -0.05) is 211 Å². The molecule has 0 aliphatic carbocycles. The van der Waals surface area contributed by atoms with E-state index in [1.165, 1.54) is 89.9 Å². The number of unbranched alkanes of at least 4 members (excludes halogenated alkanes) is 28. The van der Waals surface area contributed by atoms with Gasteiger partial charge < -0.3 is 15.3 Å². The average molecular weight is 855 g/mol. The van der Waals surface area contributed by atoms with Crippen molar-refractivity contribution in [2.24, 2.45) is 0 Å². The molecular weight excluding hydrogens is 757 g/mol. The summed E-state index contributed by atoms with van der Waals surface area (Å²) in [5.41, 5.74) is -5.79. The van der Waals surface area contributed by atoms with Crippen LogP contribution in [0.15, 0.2) is 48.6 Å². The fraction of sp³-hybridized carbons (Fsp3) is 0.800. The molecule has 0 amide bonds. The van der Waals surface area contributed by atoms with Gasteiger partial charge in [0, 0.05) is 19.3 Å². The average Bonchev–Trinajstić information content (AvgIpc) is 3.26. The van der Waals surface area contributed by atoms with Gasteiger partial charge in [-0.25, -0.2) is 0 Å². The first-order chi connectivity index (χ1) is 29.8. The molecule has 0 spiro atoms. The van der Waals surface area contributed by atoms with Crippen molar-refractivity contribution in [3.63, 3.8) is 0 Å². The van der Waals surface area contributed by atoms with E-state index in [1.807, 2.05) is 0 Å². The van der Waals surface area contributed by atoms with Gasteiger partial charge in [0.1, 0.15) is 0 Å². The quantitative estimate of drug-likeness (QED) is 0.0319. The number of Topliss-reactive ketones (excluding diaryl/α,β-unsaturated/α-hetero) is 3. The molecule has 61 heavy (non-hydrogen) atoms. The van der Waals surface area contributed by atoms with Gasteiger partial charge in [-0.3, -0.25) is 14.4 Å². The second kappa shape index (κ2) is 43.1. The van der Waals surface area contributed by atoms with Crippen molar-refractivity contribution < 1.29 is 29.7 Å². The molecule has 0 aromatic heterocycles. The lowest BCUT2D eigenvalue weighted by Gasteiger charge is -2.39. The summed E-state index contributed by atoms with van der Waals surface area (Å²) in [4.78, 5) is 41.1. The maximum Gasteiger partial charge on any atom is 0.219 e. The van der Waals surface area contributed by atoms with E-state index in [0.29, 0.717) is 19.3 Å². The number of hydrogen-bond donors (Lipinski definition) is 3. The molecular formula is C55H98O6. The topological polar surface area (TPSA) is 112 Å². The van der Waals surface area contributed by atoms with Crippen molar-refractivity contribution in [1.82, 2.24) is 0 Å². The second-order valence-corrected chi connectivity index (χ2v) is 18.0. The minimum Gasteiger partial charge on any atom is -0.393 e. The van der Waals surface area contributed by atoms with Gasteiger partial charge in [0.25, 0.3) is 0 Å². The van der Waals surface area contributed by atoms with Crippen LogP contribution in [0.1, 0.15) is 265 Å². The van der Waals surface area contributed by atoms with E-state index in [0.717, 1.165) is 116 Å². The third kappa shape index (κ3) is 30.6. The zero-order chi connectivity index (χ0) is 45.0. The Kier molecular flexibility index (Phi) is 41.6. The summed E-state index contributed by atoms with van der Waals surface area (Å²) in [5.74, 6) is -2.51. The molecule has 0 aliphatic heterocycles. The number of ketones is 3.